The van der Waals surface area contributed by atoms with Crippen molar-refractivity contribution < 1.29 is 12.8 Å². The fourth-order valence-corrected chi connectivity index (χ4v) is 3.41. The van der Waals surface area contributed by atoms with Crippen molar-refractivity contribution in [2.75, 3.05) is 4.72 Å². The lowest BCUT2D eigenvalue weighted by molar-refractivity contribution is 0.600. The lowest BCUT2D eigenvalue weighted by Gasteiger charge is -2.07. The van der Waals surface area contributed by atoms with Crippen molar-refractivity contribution in [2.24, 2.45) is 0 Å². The summed E-state index contributed by atoms with van der Waals surface area (Å²) >= 11 is 6.72. The SMILES string of the molecule is O=S(=O)(Nc1cc(Cl)ccc1F)c1cccs1. The number of sulfonamides is 1. The van der Waals surface area contributed by atoms with Gasteiger partial charge in [-0.3, -0.25) is 4.72 Å². The predicted molar refractivity (Wildman–Crippen MR) is 66.5 cm³/mol. The van der Waals surface area contributed by atoms with E-state index in [9.17, 15) is 12.8 Å². The number of hydrogen-bond acceptors (Lipinski definition) is 3. The minimum absolute atomic E-state index is 0.122. The highest BCUT2D eigenvalue weighted by Crippen LogP contribution is 2.24. The van der Waals surface area contributed by atoms with Crippen LogP contribution in [0.1, 0.15) is 0 Å². The average Bonchev–Trinajstić information content (AvgIpc) is 2.77. The van der Waals surface area contributed by atoms with Crippen LogP contribution in [0.3, 0.4) is 0 Å². The fourth-order valence-electron chi connectivity index (χ4n) is 1.19. The van der Waals surface area contributed by atoms with Gasteiger partial charge in [-0.2, -0.15) is 0 Å². The van der Waals surface area contributed by atoms with E-state index in [1.807, 2.05) is 0 Å². The molecule has 0 radical (unpaired) electrons. The smallest absolute Gasteiger partial charge is 0.271 e. The van der Waals surface area contributed by atoms with Gasteiger partial charge in [-0.05, 0) is 29.6 Å². The Morgan fingerprint density at radius 1 is 1.29 bits per heavy atom. The Morgan fingerprint density at radius 3 is 2.71 bits per heavy atom. The fraction of sp³-hybridized carbons (Fsp3) is 0. The molecule has 1 aromatic carbocycles. The van der Waals surface area contributed by atoms with Crippen molar-refractivity contribution >= 4 is 38.6 Å². The first-order chi connectivity index (χ1) is 7.99. The summed E-state index contributed by atoms with van der Waals surface area (Å²) < 4.78 is 39.3. The number of hydrogen-bond donors (Lipinski definition) is 1. The van der Waals surface area contributed by atoms with Crippen LogP contribution in [0.25, 0.3) is 0 Å². The van der Waals surface area contributed by atoms with E-state index in [1.165, 1.54) is 18.2 Å². The van der Waals surface area contributed by atoms with Crippen molar-refractivity contribution in [3.8, 4) is 0 Å². The summed E-state index contributed by atoms with van der Waals surface area (Å²) in [5, 5.41) is 1.89. The van der Waals surface area contributed by atoms with Crippen molar-refractivity contribution in [3.05, 3.63) is 46.6 Å². The monoisotopic (exact) mass is 291 g/mol. The molecule has 0 saturated heterocycles. The predicted octanol–water partition coefficient (Wildman–Crippen LogP) is 3.34. The molecule has 2 aromatic rings. The molecule has 0 aliphatic carbocycles. The van der Waals surface area contributed by atoms with Gasteiger partial charge in [-0.25, -0.2) is 12.8 Å². The molecule has 1 N–H and O–H groups in total. The molecule has 0 unspecified atom stereocenters. The van der Waals surface area contributed by atoms with E-state index in [0.717, 1.165) is 17.4 Å². The van der Waals surface area contributed by atoms with Gasteiger partial charge in [-0.1, -0.05) is 17.7 Å². The summed E-state index contributed by atoms with van der Waals surface area (Å²) in [6.45, 7) is 0. The first kappa shape index (κ1) is 12.3. The van der Waals surface area contributed by atoms with Gasteiger partial charge in [0, 0.05) is 5.02 Å². The van der Waals surface area contributed by atoms with Crippen LogP contribution in [-0.4, -0.2) is 8.42 Å². The van der Waals surface area contributed by atoms with Crippen molar-refractivity contribution in [1.29, 1.82) is 0 Å². The zero-order valence-corrected chi connectivity index (χ0v) is 10.7. The van der Waals surface area contributed by atoms with Crippen LogP contribution in [-0.2, 0) is 10.0 Å². The molecule has 0 fully saturated rings. The molecule has 1 heterocycles. The van der Waals surface area contributed by atoms with Crippen LogP contribution >= 0.6 is 22.9 Å². The van der Waals surface area contributed by atoms with Crippen LogP contribution < -0.4 is 4.72 Å². The molecule has 0 aliphatic heterocycles. The second-order valence-corrected chi connectivity index (χ2v) is 6.46. The molecule has 0 saturated carbocycles. The summed E-state index contributed by atoms with van der Waals surface area (Å²) in [6, 6.07) is 6.72. The Hall–Kier alpha value is -1.11. The highest BCUT2D eigenvalue weighted by atomic mass is 35.5. The number of halogens is 2. The van der Waals surface area contributed by atoms with E-state index >= 15 is 0 Å². The Balaban J connectivity index is 2.36. The first-order valence-corrected chi connectivity index (χ1v) is 7.24. The highest BCUT2D eigenvalue weighted by Gasteiger charge is 2.17. The molecular weight excluding hydrogens is 285 g/mol. The summed E-state index contributed by atoms with van der Waals surface area (Å²) in [5.41, 5.74) is -0.161. The van der Waals surface area contributed by atoms with E-state index < -0.39 is 15.8 Å². The quantitative estimate of drug-likeness (QED) is 0.943. The number of thiophene rings is 1. The van der Waals surface area contributed by atoms with E-state index in [4.69, 9.17) is 11.6 Å². The topological polar surface area (TPSA) is 46.2 Å². The molecule has 0 aliphatic rings. The molecule has 17 heavy (non-hydrogen) atoms. The van der Waals surface area contributed by atoms with Crippen molar-refractivity contribution in [3.63, 3.8) is 0 Å². The van der Waals surface area contributed by atoms with Crippen LogP contribution in [0.15, 0.2) is 39.9 Å². The molecule has 3 nitrogen and oxygen atoms in total. The van der Waals surface area contributed by atoms with Gasteiger partial charge in [0.15, 0.2) is 0 Å². The Labute approximate surface area is 107 Å². The molecule has 0 bridgehead atoms. The third kappa shape index (κ3) is 2.77. The molecule has 2 rings (SSSR count). The van der Waals surface area contributed by atoms with Crippen molar-refractivity contribution in [1.82, 2.24) is 0 Å². The van der Waals surface area contributed by atoms with Gasteiger partial charge >= 0.3 is 0 Å². The maximum atomic E-state index is 13.4. The van der Waals surface area contributed by atoms with Gasteiger partial charge < -0.3 is 0 Å². The third-order valence-electron chi connectivity index (χ3n) is 1.93. The number of nitrogens with one attached hydrogen (secondary N) is 1. The standard InChI is InChI=1S/C10H7ClFNO2S2/c11-7-3-4-8(12)9(6-7)13-17(14,15)10-2-1-5-16-10/h1-6,13H. The maximum absolute atomic E-state index is 13.4. The zero-order chi connectivity index (χ0) is 12.5. The third-order valence-corrected chi connectivity index (χ3v) is 4.93. The summed E-state index contributed by atoms with van der Waals surface area (Å²) in [6.07, 6.45) is 0. The average molecular weight is 292 g/mol. The minimum Gasteiger partial charge on any atom is -0.276 e. The lowest BCUT2D eigenvalue weighted by Crippen LogP contribution is -2.12. The molecule has 90 valence electrons. The van der Waals surface area contributed by atoms with Crippen molar-refractivity contribution in [2.45, 2.75) is 4.21 Å². The maximum Gasteiger partial charge on any atom is 0.271 e. The minimum atomic E-state index is -3.74. The summed E-state index contributed by atoms with van der Waals surface area (Å²) in [7, 11) is -3.74. The molecule has 1 aromatic heterocycles. The second-order valence-electron chi connectivity index (χ2n) is 3.16. The summed E-state index contributed by atoms with van der Waals surface area (Å²) in [4.78, 5) is 0. The van der Waals surface area contributed by atoms with Crippen LogP contribution in [0.4, 0.5) is 10.1 Å². The van der Waals surface area contributed by atoms with E-state index in [2.05, 4.69) is 4.72 Å². The normalized spacial score (nSPS) is 11.4. The van der Waals surface area contributed by atoms with E-state index in [0.29, 0.717) is 0 Å². The first-order valence-electron chi connectivity index (χ1n) is 4.50. The largest absolute Gasteiger partial charge is 0.276 e. The Morgan fingerprint density at radius 2 is 2.06 bits per heavy atom. The van der Waals surface area contributed by atoms with Crippen LogP contribution in [0.5, 0.6) is 0 Å². The van der Waals surface area contributed by atoms with Crippen LogP contribution in [0, 0.1) is 5.82 Å². The van der Waals surface area contributed by atoms with Crippen LogP contribution in [0.2, 0.25) is 5.02 Å². The second kappa shape index (κ2) is 4.64. The van der Waals surface area contributed by atoms with Gasteiger partial charge in [0.2, 0.25) is 0 Å². The molecule has 0 atom stereocenters. The van der Waals surface area contributed by atoms with Gasteiger partial charge in [0.1, 0.15) is 10.0 Å². The Kier molecular flexibility index (Phi) is 3.37. The van der Waals surface area contributed by atoms with E-state index in [1.54, 1.807) is 11.4 Å². The highest BCUT2D eigenvalue weighted by molar-refractivity contribution is 7.94. The van der Waals surface area contributed by atoms with Gasteiger partial charge in [0.05, 0.1) is 5.69 Å². The summed E-state index contributed by atoms with van der Waals surface area (Å²) in [5.74, 6) is -0.672. The zero-order valence-electron chi connectivity index (χ0n) is 8.35. The molecule has 0 amide bonds. The van der Waals surface area contributed by atoms with Gasteiger partial charge in [0.25, 0.3) is 10.0 Å². The lowest BCUT2D eigenvalue weighted by atomic mass is 10.3. The number of rotatable bonds is 3. The number of anilines is 1. The molecular formula is C10H7ClFNO2S2. The Bertz CT molecular complexity index is 626. The van der Waals surface area contributed by atoms with E-state index in [-0.39, 0.29) is 14.9 Å². The molecule has 7 heteroatoms. The molecule has 0 spiro atoms. The van der Waals surface area contributed by atoms with Gasteiger partial charge in [-0.15, -0.1) is 11.3 Å². The number of benzene rings is 1.